The lowest BCUT2D eigenvalue weighted by Gasteiger charge is -2.29. The molecule has 0 aromatic heterocycles. The van der Waals surface area contributed by atoms with Crippen molar-refractivity contribution in [2.24, 2.45) is 5.92 Å². The number of hydrogen-bond acceptors (Lipinski definition) is 2. The van der Waals surface area contributed by atoms with Crippen LogP contribution >= 0.6 is 0 Å². The SMILES string of the molecule is C/C=C/CCC1COC(CCc2ccc3c(F)c(CCc4cc(F)c(C(F)(F)F)c(F)c4)ccc3c2)OC1. The maximum absolute atomic E-state index is 15.2. The third kappa shape index (κ3) is 6.97. The molecule has 0 radical (unpaired) electrons. The molecule has 0 unspecified atom stereocenters. The molecular weight excluding hydrogens is 506 g/mol. The van der Waals surface area contributed by atoms with Crippen LogP contribution in [0.25, 0.3) is 10.8 Å². The zero-order valence-corrected chi connectivity index (χ0v) is 21.1. The van der Waals surface area contributed by atoms with E-state index in [1.165, 1.54) is 0 Å². The summed E-state index contributed by atoms with van der Waals surface area (Å²) in [4.78, 5) is 0. The van der Waals surface area contributed by atoms with E-state index in [1.807, 2.05) is 25.1 Å². The first-order chi connectivity index (χ1) is 18.2. The van der Waals surface area contributed by atoms with Crippen molar-refractivity contribution >= 4 is 10.8 Å². The minimum atomic E-state index is -5.12. The lowest BCUT2D eigenvalue weighted by molar-refractivity contribution is -0.203. The number of ether oxygens (including phenoxy) is 2. The number of alkyl halides is 3. The van der Waals surface area contributed by atoms with E-state index in [-0.39, 0.29) is 24.7 Å². The Hall–Kier alpha value is -2.84. The lowest BCUT2D eigenvalue weighted by atomic mass is 9.97. The maximum atomic E-state index is 15.2. The standard InChI is InChI=1S/C30H30F6O2/c1-2-3-4-5-21-17-37-27(38-18-21)13-8-19-7-12-24-23(14-19)11-10-22(29(24)33)9-6-20-15-25(31)28(26(32)16-20)30(34,35)36/h2-3,7,10-12,14-16,21,27H,4-6,8-9,13,17-18H2,1H3/b3-2+. The highest BCUT2D eigenvalue weighted by Crippen LogP contribution is 2.34. The van der Waals surface area contributed by atoms with Crippen molar-refractivity contribution in [3.63, 3.8) is 0 Å². The second-order valence-corrected chi connectivity index (χ2v) is 9.67. The summed E-state index contributed by atoms with van der Waals surface area (Å²) in [6.07, 6.45) is 2.31. The van der Waals surface area contributed by atoms with Crippen molar-refractivity contribution in [1.82, 2.24) is 0 Å². The summed E-state index contributed by atoms with van der Waals surface area (Å²) in [6.45, 7) is 3.36. The largest absolute Gasteiger partial charge is 0.422 e. The van der Waals surface area contributed by atoms with Crippen LogP contribution < -0.4 is 0 Å². The van der Waals surface area contributed by atoms with Crippen LogP contribution in [-0.4, -0.2) is 19.5 Å². The van der Waals surface area contributed by atoms with Gasteiger partial charge in [-0.3, -0.25) is 0 Å². The van der Waals surface area contributed by atoms with Gasteiger partial charge in [-0.1, -0.05) is 42.5 Å². The molecule has 0 amide bonds. The van der Waals surface area contributed by atoms with E-state index in [0.29, 0.717) is 60.4 Å². The number of fused-ring (bicyclic) bond motifs is 1. The third-order valence-electron chi connectivity index (χ3n) is 6.85. The molecule has 0 spiro atoms. The molecule has 204 valence electrons. The molecule has 1 saturated heterocycles. The van der Waals surface area contributed by atoms with E-state index >= 15 is 4.39 Å². The lowest BCUT2D eigenvalue weighted by Crippen LogP contribution is -2.32. The quantitative estimate of drug-likeness (QED) is 0.202. The Kier molecular flexibility index (Phi) is 9.15. The molecule has 3 aromatic rings. The Morgan fingerprint density at radius 2 is 1.55 bits per heavy atom. The van der Waals surface area contributed by atoms with E-state index in [9.17, 15) is 22.0 Å². The van der Waals surface area contributed by atoms with Crippen LogP contribution in [-0.2, 0) is 34.9 Å². The normalized spacial score (nSPS) is 18.5. The smallest absolute Gasteiger partial charge is 0.352 e. The van der Waals surface area contributed by atoms with E-state index in [4.69, 9.17) is 9.47 Å². The van der Waals surface area contributed by atoms with Gasteiger partial charge in [0.05, 0.1) is 13.2 Å². The molecule has 1 aliphatic rings. The van der Waals surface area contributed by atoms with Crippen molar-refractivity contribution in [2.45, 2.75) is 57.9 Å². The summed E-state index contributed by atoms with van der Waals surface area (Å²) in [7, 11) is 0. The van der Waals surface area contributed by atoms with Gasteiger partial charge in [0.15, 0.2) is 6.29 Å². The van der Waals surface area contributed by atoms with Crippen LogP contribution in [0, 0.1) is 23.4 Å². The molecule has 2 nitrogen and oxygen atoms in total. The van der Waals surface area contributed by atoms with Crippen molar-refractivity contribution in [2.75, 3.05) is 13.2 Å². The van der Waals surface area contributed by atoms with Gasteiger partial charge < -0.3 is 9.47 Å². The fraction of sp³-hybridized carbons (Fsp3) is 0.400. The van der Waals surface area contributed by atoms with E-state index in [1.54, 1.807) is 18.2 Å². The van der Waals surface area contributed by atoms with Gasteiger partial charge in [0, 0.05) is 17.7 Å². The Morgan fingerprint density at radius 3 is 2.21 bits per heavy atom. The van der Waals surface area contributed by atoms with Crippen molar-refractivity contribution < 1.29 is 35.8 Å². The highest BCUT2D eigenvalue weighted by molar-refractivity contribution is 5.84. The molecule has 38 heavy (non-hydrogen) atoms. The minimum absolute atomic E-state index is 0.00988. The Labute approximate surface area is 218 Å². The Bertz CT molecular complexity index is 1250. The average molecular weight is 537 g/mol. The first-order valence-electron chi connectivity index (χ1n) is 12.7. The predicted octanol–water partition coefficient (Wildman–Crippen LogP) is 8.34. The van der Waals surface area contributed by atoms with Gasteiger partial charge >= 0.3 is 6.18 Å². The van der Waals surface area contributed by atoms with Gasteiger partial charge in [-0.25, -0.2) is 13.2 Å². The summed E-state index contributed by atoms with van der Waals surface area (Å²) in [5, 5.41) is 1.12. The molecular formula is C30H30F6O2. The van der Waals surface area contributed by atoms with Crippen LogP contribution in [0.5, 0.6) is 0 Å². The summed E-state index contributed by atoms with van der Waals surface area (Å²) in [5.74, 6) is -3.40. The highest BCUT2D eigenvalue weighted by atomic mass is 19.4. The van der Waals surface area contributed by atoms with Gasteiger partial charge in [-0.2, -0.15) is 13.2 Å². The van der Waals surface area contributed by atoms with Crippen LogP contribution in [0.15, 0.2) is 54.6 Å². The molecule has 8 heteroatoms. The second kappa shape index (κ2) is 12.3. The second-order valence-electron chi connectivity index (χ2n) is 9.67. The van der Waals surface area contributed by atoms with Gasteiger partial charge in [0.1, 0.15) is 23.0 Å². The monoisotopic (exact) mass is 536 g/mol. The molecule has 0 N–H and O–H groups in total. The zero-order chi connectivity index (χ0) is 27.3. The summed E-state index contributed by atoms with van der Waals surface area (Å²) in [6, 6.07) is 10.1. The number of aryl methyl sites for hydroxylation is 3. The number of hydrogen-bond donors (Lipinski definition) is 0. The minimum Gasteiger partial charge on any atom is -0.352 e. The first-order valence-corrected chi connectivity index (χ1v) is 12.7. The summed E-state index contributed by atoms with van der Waals surface area (Å²) >= 11 is 0. The van der Waals surface area contributed by atoms with Crippen molar-refractivity contribution in [1.29, 1.82) is 0 Å². The van der Waals surface area contributed by atoms with Crippen LogP contribution in [0.1, 0.15) is 48.4 Å². The molecule has 0 bridgehead atoms. The molecule has 1 fully saturated rings. The third-order valence-corrected chi connectivity index (χ3v) is 6.85. The van der Waals surface area contributed by atoms with E-state index in [2.05, 4.69) is 6.08 Å². The van der Waals surface area contributed by atoms with Crippen molar-refractivity contribution in [3.05, 3.63) is 94.3 Å². The summed E-state index contributed by atoms with van der Waals surface area (Å²) < 4.78 is 93.0. The van der Waals surface area contributed by atoms with Crippen LogP contribution in [0.4, 0.5) is 26.3 Å². The molecule has 4 rings (SSSR count). The van der Waals surface area contributed by atoms with Crippen molar-refractivity contribution in [3.8, 4) is 0 Å². The fourth-order valence-electron chi connectivity index (χ4n) is 4.75. The molecule has 0 aliphatic carbocycles. The molecule has 1 aliphatic heterocycles. The predicted molar refractivity (Wildman–Crippen MR) is 134 cm³/mol. The van der Waals surface area contributed by atoms with Crippen LogP contribution in [0.2, 0.25) is 0 Å². The van der Waals surface area contributed by atoms with E-state index < -0.39 is 29.2 Å². The highest BCUT2D eigenvalue weighted by Gasteiger charge is 2.37. The first kappa shape index (κ1) is 28.2. The maximum Gasteiger partial charge on any atom is 0.422 e. The van der Waals surface area contributed by atoms with Gasteiger partial charge in [0.25, 0.3) is 0 Å². The Morgan fingerprint density at radius 1 is 0.842 bits per heavy atom. The number of benzene rings is 3. The van der Waals surface area contributed by atoms with Gasteiger partial charge in [0.2, 0.25) is 0 Å². The number of allylic oxidation sites excluding steroid dienone is 2. The van der Waals surface area contributed by atoms with Gasteiger partial charge in [-0.15, -0.1) is 0 Å². The fourth-order valence-corrected chi connectivity index (χ4v) is 4.75. The zero-order valence-electron chi connectivity index (χ0n) is 21.1. The van der Waals surface area contributed by atoms with Crippen LogP contribution in [0.3, 0.4) is 0 Å². The molecule has 1 heterocycles. The summed E-state index contributed by atoms with van der Waals surface area (Å²) in [5.41, 5.74) is -0.555. The average Bonchev–Trinajstić information content (AvgIpc) is 2.87. The number of rotatable bonds is 9. The molecule has 3 aromatic carbocycles. The molecule has 0 saturated carbocycles. The Balaban J connectivity index is 1.35. The number of halogens is 6. The molecule has 0 atom stereocenters. The van der Waals surface area contributed by atoms with E-state index in [0.717, 1.165) is 18.4 Å². The topological polar surface area (TPSA) is 18.5 Å². The van der Waals surface area contributed by atoms with Gasteiger partial charge in [-0.05, 0) is 73.2 Å².